The van der Waals surface area contributed by atoms with Crippen molar-refractivity contribution < 1.29 is 9.53 Å². The van der Waals surface area contributed by atoms with Crippen LogP contribution in [-0.4, -0.2) is 6.79 Å². The molecule has 0 heterocycles. The normalized spacial score (nSPS) is 14.5. The van der Waals surface area contributed by atoms with Gasteiger partial charge in [-0.3, -0.25) is 0 Å². The number of carbonyl (C=O) groups excluding carboxylic acids is 1. The Balaban J connectivity index is 0.000000710. The van der Waals surface area contributed by atoms with Crippen molar-refractivity contribution in [3.05, 3.63) is 149 Å². The first kappa shape index (κ1) is 30.9. The number of fused-ring (bicyclic) bond motifs is 3. The molecule has 3 aromatic rings. The third kappa shape index (κ3) is 6.94. The van der Waals surface area contributed by atoms with Crippen LogP contribution in [-0.2, 0) is 10.2 Å². The fourth-order valence-corrected chi connectivity index (χ4v) is 5.08. The van der Waals surface area contributed by atoms with Gasteiger partial charge in [-0.15, -0.1) is 0 Å². The number of benzene rings is 3. The van der Waals surface area contributed by atoms with Crippen LogP contribution >= 0.6 is 0 Å². The Kier molecular flexibility index (Phi) is 11.5. The number of hydrogen-bond donors (Lipinski definition) is 0. The van der Waals surface area contributed by atoms with E-state index < -0.39 is 5.41 Å². The van der Waals surface area contributed by atoms with Gasteiger partial charge in [0.1, 0.15) is 18.3 Å². The zero-order valence-corrected chi connectivity index (χ0v) is 24.9. The minimum absolute atomic E-state index is 0.472. The minimum Gasteiger partial charge on any atom is -0.457 e. The molecule has 0 amide bonds. The molecule has 0 fully saturated rings. The molecule has 0 spiro atoms. The molecule has 2 nitrogen and oxygen atoms in total. The van der Waals surface area contributed by atoms with Crippen molar-refractivity contribution in [1.29, 1.82) is 0 Å². The predicted octanol–water partition coefficient (Wildman–Crippen LogP) is 9.78. The standard InChI is InChI=1S/C34H28O.C4H10.CH2O/c1-3-5-17-28(14-4-2)35-29-24-22-27(23-25-29)34(26-15-8-6-7-9-16-26)32-20-12-10-18-30(32)31-19-11-13-21-33(31)34;1-4(2)3;1-2/h3-6,8,10-15,17-25H,7H2,1-2H3;4H,1-3H3;1H2/b5-3-,14-4-,28-17+;;. The summed E-state index contributed by atoms with van der Waals surface area (Å²) in [6.45, 7) is 12.5. The quantitative estimate of drug-likeness (QED) is 0.177. The highest BCUT2D eigenvalue weighted by molar-refractivity contribution is 5.87. The molecule has 0 radical (unpaired) electrons. The Labute approximate surface area is 246 Å². The monoisotopic (exact) mass is 540 g/mol. The summed E-state index contributed by atoms with van der Waals surface area (Å²) in [6, 6.07) is 26.0. The molecule has 0 unspecified atom stereocenters. The van der Waals surface area contributed by atoms with Crippen molar-refractivity contribution in [2.24, 2.45) is 5.92 Å². The lowest BCUT2D eigenvalue weighted by molar-refractivity contribution is -0.0980. The maximum absolute atomic E-state index is 8.00. The topological polar surface area (TPSA) is 26.3 Å². The highest BCUT2D eigenvalue weighted by Crippen LogP contribution is 2.56. The first-order valence-electron chi connectivity index (χ1n) is 14.1. The molecule has 2 heteroatoms. The fourth-order valence-electron chi connectivity index (χ4n) is 5.08. The molecule has 0 bridgehead atoms. The summed E-state index contributed by atoms with van der Waals surface area (Å²) in [4.78, 5) is 8.00. The molecular weight excluding hydrogens is 500 g/mol. The lowest BCUT2D eigenvalue weighted by Crippen LogP contribution is -2.29. The first-order valence-corrected chi connectivity index (χ1v) is 14.1. The summed E-state index contributed by atoms with van der Waals surface area (Å²) in [5, 5.41) is 0. The number of allylic oxidation sites excluding steroid dienone is 9. The Morgan fingerprint density at radius 1 is 0.878 bits per heavy atom. The number of ether oxygens (including phenoxy) is 1. The van der Waals surface area contributed by atoms with Crippen molar-refractivity contribution in [2.75, 3.05) is 0 Å². The van der Waals surface area contributed by atoms with Crippen LogP contribution in [0.15, 0.2) is 133 Å². The summed E-state index contributed by atoms with van der Waals surface area (Å²) < 4.78 is 6.18. The van der Waals surface area contributed by atoms with Crippen molar-refractivity contribution in [3.8, 4) is 28.7 Å². The van der Waals surface area contributed by atoms with Gasteiger partial charge < -0.3 is 9.53 Å². The lowest BCUT2D eigenvalue weighted by atomic mass is 9.67. The Morgan fingerprint density at radius 3 is 2.02 bits per heavy atom. The molecule has 2 aliphatic carbocycles. The van der Waals surface area contributed by atoms with Crippen molar-refractivity contribution in [3.63, 3.8) is 0 Å². The average Bonchev–Trinajstić information content (AvgIpc) is 3.11. The molecule has 0 saturated heterocycles. The van der Waals surface area contributed by atoms with Crippen LogP contribution in [0.5, 0.6) is 5.75 Å². The van der Waals surface area contributed by atoms with Gasteiger partial charge in [-0.05, 0) is 77.9 Å². The van der Waals surface area contributed by atoms with Gasteiger partial charge >= 0.3 is 0 Å². The lowest BCUT2D eigenvalue weighted by Gasteiger charge is -2.33. The largest absolute Gasteiger partial charge is 0.457 e. The van der Waals surface area contributed by atoms with E-state index in [1.807, 2.05) is 51.0 Å². The van der Waals surface area contributed by atoms with E-state index in [9.17, 15) is 0 Å². The van der Waals surface area contributed by atoms with E-state index in [1.165, 1.54) is 27.8 Å². The second-order valence-electron chi connectivity index (χ2n) is 10.3. The van der Waals surface area contributed by atoms with Gasteiger partial charge in [0.15, 0.2) is 0 Å². The van der Waals surface area contributed by atoms with E-state index in [-0.39, 0.29) is 0 Å². The van der Waals surface area contributed by atoms with Gasteiger partial charge in [0.2, 0.25) is 0 Å². The molecule has 41 heavy (non-hydrogen) atoms. The van der Waals surface area contributed by atoms with Crippen LogP contribution in [0.25, 0.3) is 11.1 Å². The van der Waals surface area contributed by atoms with E-state index in [4.69, 9.17) is 9.53 Å². The van der Waals surface area contributed by atoms with Crippen molar-refractivity contribution in [1.82, 2.24) is 0 Å². The van der Waals surface area contributed by atoms with E-state index in [0.717, 1.165) is 29.4 Å². The summed E-state index contributed by atoms with van der Waals surface area (Å²) >= 11 is 0. The summed E-state index contributed by atoms with van der Waals surface area (Å²) in [5.74, 6) is 9.31. The van der Waals surface area contributed by atoms with Gasteiger partial charge in [-0.25, -0.2) is 0 Å². The van der Waals surface area contributed by atoms with Crippen LogP contribution in [0.3, 0.4) is 0 Å². The molecule has 2 aliphatic rings. The zero-order chi connectivity index (χ0) is 29.7. The van der Waals surface area contributed by atoms with Crippen LogP contribution in [0.1, 0.15) is 57.7 Å². The Hall–Kier alpha value is -4.61. The van der Waals surface area contributed by atoms with E-state index in [2.05, 4.69) is 124 Å². The highest BCUT2D eigenvalue weighted by Gasteiger charge is 2.46. The second-order valence-corrected chi connectivity index (χ2v) is 10.3. The van der Waals surface area contributed by atoms with Crippen LogP contribution in [0, 0.1) is 17.8 Å². The summed E-state index contributed by atoms with van der Waals surface area (Å²) in [6.07, 6.45) is 17.1. The molecule has 208 valence electrons. The van der Waals surface area contributed by atoms with Gasteiger partial charge in [0.05, 0.1) is 5.41 Å². The molecule has 0 aliphatic heterocycles. The predicted molar refractivity (Wildman–Crippen MR) is 174 cm³/mol. The number of hydrogen-bond acceptors (Lipinski definition) is 2. The van der Waals surface area contributed by atoms with Crippen LogP contribution in [0.2, 0.25) is 0 Å². The zero-order valence-electron chi connectivity index (χ0n) is 24.9. The molecule has 0 saturated carbocycles. The maximum Gasteiger partial charge on any atom is 0.127 e. The Bertz CT molecular complexity index is 1470. The van der Waals surface area contributed by atoms with Gasteiger partial charge in [0, 0.05) is 12.0 Å². The van der Waals surface area contributed by atoms with E-state index in [1.54, 1.807) is 0 Å². The van der Waals surface area contributed by atoms with Crippen LogP contribution in [0.4, 0.5) is 0 Å². The highest BCUT2D eigenvalue weighted by atomic mass is 16.5. The number of rotatable bonds is 6. The average molecular weight is 541 g/mol. The van der Waals surface area contributed by atoms with Crippen molar-refractivity contribution in [2.45, 2.75) is 46.5 Å². The van der Waals surface area contributed by atoms with Crippen LogP contribution < -0.4 is 4.74 Å². The summed E-state index contributed by atoms with van der Waals surface area (Å²) in [7, 11) is 0. The molecule has 0 N–H and O–H groups in total. The van der Waals surface area contributed by atoms with Crippen molar-refractivity contribution >= 4 is 6.79 Å². The maximum atomic E-state index is 8.00. The SMILES string of the molecule is C=O.CC(C)C.C\C=C/C=C(\C=C/C)Oc1ccc(C2(C3=CC=CCC#C3)c3ccccc3-c3ccccc32)cc1. The van der Waals surface area contributed by atoms with E-state index >= 15 is 0 Å². The molecular formula is C39H40O2. The third-order valence-electron chi connectivity index (χ3n) is 6.51. The van der Waals surface area contributed by atoms with Gasteiger partial charge in [-0.1, -0.05) is 124 Å². The first-order chi connectivity index (χ1) is 20.0. The second kappa shape index (κ2) is 15.2. The Morgan fingerprint density at radius 2 is 1.46 bits per heavy atom. The van der Waals surface area contributed by atoms with Gasteiger partial charge in [0.25, 0.3) is 0 Å². The number of carbonyl (C=O) groups is 1. The molecule has 0 aromatic heterocycles. The van der Waals surface area contributed by atoms with Gasteiger partial charge in [-0.2, -0.15) is 0 Å². The fraction of sp³-hybridized carbons (Fsp3) is 0.205. The third-order valence-corrected chi connectivity index (χ3v) is 6.51. The molecule has 5 rings (SSSR count). The minimum atomic E-state index is -0.472. The molecule has 3 aromatic carbocycles. The van der Waals surface area contributed by atoms with E-state index in [0.29, 0.717) is 0 Å². The summed E-state index contributed by atoms with van der Waals surface area (Å²) in [5.41, 5.74) is 6.89. The smallest absolute Gasteiger partial charge is 0.127 e. The molecule has 0 atom stereocenters.